The van der Waals surface area contributed by atoms with Crippen LogP contribution in [0.4, 0.5) is 0 Å². The third kappa shape index (κ3) is 3.17. The molecular formula is C21H21N5O2. The molecule has 0 fully saturated rings. The Hall–Kier alpha value is -3.42. The summed E-state index contributed by atoms with van der Waals surface area (Å²) in [5, 5.41) is 10.3. The summed E-state index contributed by atoms with van der Waals surface area (Å²) in [7, 11) is 0. The molecule has 3 heterocycles. The number of hydrogen-bond acceptors (Lipinski definition) is 6. The van der Waals surface area contributed by atoms with Crippen molar-refractivity contribution in [2.24, 2.45) is 11.5 Å². The molecule has 1 aromatic carbocycles. The molecular weight excluding hydrogens is 354 g/mol. The SMILES string of the molecule is Cc1cc(-c2cc(CN)cnc2Oc2cccc(CN)c2)c2ccnc-2n1O. The third-order valence-corrected chi connectivity index (χ3v) is 4.64. The Morgan fingerprint density at radius 3 is 2.57 bits per heavy atom. The van der Waals surface area contributed by atoms with Crippen LogP contribution >= 0.6 is 0 Å². The zero-order valence-corrected chi connectivity index (χ0v) is 15.5. The van der Waals surface area contributed by atoms with E-state index in [1.165, 1.54) is 0 Å². The van der Waals surface area contributed by atoms with Crippen molar-refractivity contribution in [2.45, 2.75) is 20.0 Å². The molecule has 0 saturated heterocycles. The van der Waals surface area contributed by atoms with Gasteiger partial charge < -0.3 is 21.4 Å². The van der Waals surface area contributed by atoms with Gasteiger partial charge in [0.2, 0.25) is 5.88 Å². The number of aryl methyl sites for hydroxylation is 1. The number of ether oxygens (including phenoxy) is 1. The van der Waals surface area contributed by atoms with E-state index < -0.39 is 0 Å². The average Bonchev–Trinajstić information content (AvgIpc) is 3.21. The number of fused-ring (bicyclic) bond motifs is 1. The number of pyridine rings is 2. The maximum Gasteiger partial charge on any atom is 0.227 e. The Kier molecular flexibility index (Phi) is 4.68. The van der Waals surface area contributed by atoms with Crippen LogP contribution in [0.25, 0.3) is 22.5 Å². The lowest BCUT2D eigenvalue weighted by Crippen LogP contribution is -2.06. The van der Waals surface area contributed by atoms with Gasteiger partial charge in [0.15, 0.2) is 5.82 Å². The van der Waals surface area contributed by atoms with Gasteiger partial charge in [-0.25, -0.2) is 9.97 Å². The topological polar surface area (TPSA) is 112 Å². The average molecular weight is 375 g/mol. The highest BCUT2D eigenvalue weighted by molar-refractivity contribution is 5.84. The Labute approximate surface area is 162 Å². The van der Waals surface area contributed by atoms with Crippen LogP contribution in [0.15, 0.2) is 54.9 Å². The van der Waals surface area contributed by atoms with E-state index in [1.54, 1.807) is 12.4 Å². The summed E-state index contributed by atoms with van der Waals surface area (Å²) in [6.45, 7) is 2.60. The number of nitrogens with two attached hydrogens (primary N) is 2. The van der Waals surface area contributed by atoms with Gasteiger partial charge in [-0.15, -0.1) is 0 Å². The standard InChI is InChI=1S/C21H21N5O2/c1-13-7-18(17-5-6-24-20(17)26(13)27)19-9-15(11-23)12-25-21(19)28-16-4-2-3-14(8-16)10-22/h2-9,12,27H,10-11,22-23H2,1H3. The Balaban J connectivity index is 1.87. The quantitative estimate of drug-likeness (QED) is 0.461. The Morgan fingerprint density at radius 2 is 1.79 bits per heavy atom. The van der Waals surface area contributed by atoms with Crippen molar-refractivity contribution >= 4 is 0 Å². The molecule has 0 aliphatic carbocycles. The lowest BCUT2D eigenvalue weighted by Gasteiger charge is -2.17. The number of hydrogen-bond donors (Lipinski definition) is 3. The van der Waals surface area contributed by atoms with Gasteiger partial charge in [0.05, 0.1) is 5.69 Å². The molecule has 28 heavy (non-hydrogen) atoms. The number of nitrogens with zero attached hydrogens (tertiary/aromatic N) is 3. The smallest absolute Gasteiger partial charge is 0.227 e. The van der Waals surface area contributed by atoms with Crippen LogP contribution in [0, 0.1) is 6.92 Å². The minimum atomic E-state index is 0.358. The van der Waals surface area contributed by atoms with Crippen molar-refractivity contribution in [3.63, 3.8) is 0 Å². The third-order valence-electron chi connectivity index (χ3n) is 4.64. The van der Waals surface area contributed by atoms with Gasteiger partial charge in [0.1, 0.15) is 5.75 Å². The molecule has 1 aromatic heterocycles. The molecule has 0 spiro atoms. The lowest BCUT2D eigenvalue weighted by molar-refractivity contribution is 0.180. The second-order valence-electron chi connectivity index (χ2n) is 6.55. The first kappa shape index (κ1) is 18.0. The summed E-state index contributed by atoms with van der Waals surface area (Å²) in [5.74, 6) is 1.58. The summed E-state index contributed by atoms with van der Waals surface area (Å²) in [6, 6.07) is 13.3. The fraction of sp³-hybridized carbons (Fsp3) is 0.143. The van der Waals surface area contributed by atoms with Gasteiger partial charge in [-0.2, -0.15) is 4.73 Å². The highest BCUT2D eigenvalue weighted by atomic mass is 16.5. The van der Waals surface area contributed by atoms with E-state index in [9.17, 15) is 5.21 Å². The Bertz CT molecular complexity index is 1110. The van der Waals surface area contributed by atoms with Crippen molar-refractivity contribution < 1.29 is 9.94 Å². The van der Waals surface area contributed by atoms with Gasteiger partial charge in [0.25, 0.3) is 0 Å². The molecule has 0 atom stereocenters. The van der Waals surface area contributed by atoms with Gasteiger partial charge >= 0.3 is 0 Å². The molecule has 0 radical (unpaired) electrons. The fourth-order valence-electron chi connectivity index (χ4n) is 3.17. The second-order valence-corrected chi connectivity index (χ2v) is 6.55. The summed E-state index contributed by atoms with van der Waals surface area (Å²) in [6.07, 6.45) is 3.36. The van der Waals surface area contributed by atoms with Crippen molar-refractivity contribution in [2.75, 3.05) is 0 Å². The largest absolute Gasteiger partial charge is 0.438 e. The van der Waals surface area contributed by atoms with Gasteiger partial charge in [-0.1, -0.05) is 12.1 Å². The van der Waals surface area contributed by atoms with Crippen LogP contribution in [0.3, 0.4) is 0 Å². The van der Waals surface area contributed by atoms with Gasteiger partial charge in [0, 0.05) is 42.2 Å². The molecule has 0 bridgehead atoms. The molecule has 7 heteroatoms. The molecule has 4 rings (SSSR count). The van der Waals surface area contributed by atoms with E-state index in [1.807, 2.05) is 49.4 Å². The predicted molar refractivity (Wildman–Crippen MR) is 106 cm³/mol. The molecule has 142 valence electrons. The maximum atomic E-state index is 10.3. The van der Waals surface area contributed by atoms with Crippen LogP contribution in [-0.2, 0) is 13.1 Å². The van der Waals surface area contributed by atoms with Gasteiger partial charge in [-0.3, -0.25) is 0 Å². The van der Waals surface area contributed by atoms with E-state index in [0.29, 0.717) is 36.2 Å². The zero-order chi connectivity index (χ0) is 19.7. The minimum Gasteiger partial charge on any atom is -0.438 e. The minimum absolute atomic E-state index is 0.358. The van der Waals surface area contributed by atoms with Crippen molar-refractivity contribution in [3.8, 4) is 34.1 Å². The molecule has 2 aliphatic heterocycles. The van der Waals surface area contributed by atoms with Crippen molar-refractivity contribution in [3.05, 3.63) is 71.7 Å². The highest BCUT2D eigenvalue weighted by Crippen LogP contribution is 2.39. The van der Waals surface area contributed by atoms with E-state index in [4.69, 9.17) is 16.2 Å². The molecule has 7 nitrogen and oxygen atoms in total. The predicted octanol–water partition coefficient (Wildman–Crippen LogP) is 3.31. The van der Waals surface area contributed by atoms with E-state index >= 15 is 0 Å². The van der Waals surface area contributed by atoms with Crippen molar-refractivity contribution in [1.82, 2.24) is 14.7 Å². The van der Waals surface area contributed by atoms with Crippen molar-refractivity contribution in [1.29, 1.82) is 0 Å². The number of benzene rings is 1. The molecule has 2 aliphatic rings. The van der Waals surface area contributed by atoms with E-state index in [0.717, 1.165) is 32.5 Å². The summed E-state index contributed by atoms with van der Waals surface area (Å²) in [5.41, 5.74) is 16.5. The van der Waals surface area contributed by atoms with Crippen LogP contribution in [0.2, 0.25) is 0 Å². The van der Waals surface area contributed by atoms with Crippen LogP contribution in [0.1, 0.15) is 16.8 Å². The van der Waals surface area contributed by atoms with Crippen LogP contribution in [-0.4, -0.2) is 19.9 Å². The summed E-state index contributed by atoms with van der Waals surface area (Å²) in [4.78, 5) is 8.75. The number of aromatic nitrogens is 3. The number of rotatable bonds is 5. The first-order valence-corrected chi connectivity index (χ1v) is 8.93. The summed E-state index contributed by atoms with van der Waals surface area (Å²) >= 11 is 0. The molecule has 5 N–H and O–H groups in total. The lowest BCUT2D eigenvalue weighted by atomic mass is 9.99. The normalized spacial score (nSPS) is 11.1. The monoisotopic (exact) mass is 375 g/mol. The molecule has 0 unspecified atom stereocenters. The van der Waals surface area contributed by atoms with Crippen LogP contribution in [0.5, 0.6) is 11.6 Å². The van der Waals surface area contributed by atoms with Gasteiger partial charge in [-0.05, 0) is 48.4 Å². The second kappa shape index (κ2) is 7.30. The zero-order valence-electron chi connectivity index (χ0n) is 15.5. The highest BCUT2D eigenvalue weighted by Gasteiger charge is 2.21. The maximum absolute atomic E-state index is 10.3. The Morgan fingerprint density at radius 1 is 0.964 bits per heavy atom. The first-order valence-electron chi connectivity index (χ1n) is 8.93. The first-order chi connectivity index (χ1) is 13.6. The molecule has 0 saturated carbocycles. The molecule has 2 aromatic rings. The van der Waals surface area contributed by atoms with Crippen LogP contribution < -0.4 is 16.2 Å². The van der Waals surface area contributed by atoms with E-state index in [2.05, 4.69) is 9.97 Å². The summed E-state index contributed by atoms with van der Waals surface area (Å²) < 4.78 is 7.18. The fourth-order valence-corrected chi connectivity index (χ4v) is 3.17. The van der Waals surface area contributed by atoms with E-state index in [-0.39, 0.29) is 0 Å². The molecule has 0 amide bonds.